The number of carbonyl (C=O) groups excluding carboxylic acids is 2. The minimum absolute atomic E-state index is 0.000506. The molecule has 1 atom stereocenters. The molecule has 0 aromatic heterocycles. The average molecular weight is 346 g/mol. The van der Waals surface area contributed by atoms with E-state index in [1.807, 2.05) is 0 Å². The van der Waals surface area contributed by atoms with E-state index >= 15 is 0 Å². The minimum Gasteiger partial charge on any atom is -0.296 e. The molecule has 0 saturated carbocycles. The molecule has 0 fully saturated rings. The predicted molar refractivity (Wildman–Crippen MR) is 88.3 cm³/mol. The number of guanidine groups is 1. The van der Waals surface area contributed by atoms with Gasteiger partial charge in [0, 0.05) is 5.02 Å². The number of benzene rings is 2. The summed E-state index contributed by atoms with van der Waals surface area (Å²) in [6.07, 6.45) is 0.153. The zero-order valence-electron chi connectivity index (χ0n) is 12.4. The molecule has 3 rings (SSSR count). The van der Waals surface area contributed by atoms with Crippen LogP contribution in [0.25, 0.3) is 0 Å². The van der Waals surface area contributed by atoms with Gasteiger partial charge in [0.15, 0.2) is 0 Å². The molecule has 0 aliphatic carbocycles. The molecule has 1 heterocycles. The summed E-state index contributed by atoms with van der Waals surface area (Å²) in [5, 5.41) is 5.49. The van der Waals surface area contributed by atoms with Gasteiger partial charge in [-0.05, 0) is 29.8 Å². The molecule has 1 aliphatic heterocycles. The molecule has 1 aliphatic rings. The Labute approximate surface area is 142 Å². The van der Waals surface area contributed by atoms with Crippen LogP contribution >= 0.6 is 11.6 Å². The van der Waals surface area contributed by atoms with Crippen LogP contribution < -0.4 is 10.6 Å². The first-order chi connectivity index (χ1) is 11.5. The number of hydrogen-bond donors (Lipinski definition) is 2. The molecule has 5 nitrogen and oxygen atoms in total. The van der Waals surface area contributed by atoms with Crippen LogP contribution in [0.5, 0.6) is 0 Å². The SMILES string of the molecule is O=C1C[C@H](c2ccc(Cl)cc2)N=C(NC(=O)c2ccccc2F)N1. The molecule has 2 N–H and O–H groups in total. The zero-order valence-corrected chi connectivity index (χ0v) is 13.2. The van der Waals surface area contributed by atoms with Crippen molar-refractivity contribution in [2.45, 2.75) is 12.5 Å². The van der Waals surface area contributed by atoms with Crippen LogP contribution in [0.2, 0.25) is 5.02 Å². The van der Waals surface area contributed by atoms with Gasteiger partial charge in [-0.25, -0.2) is 9.38 Å². The molecule has 2 aromatic rings. The fourth-order valence-corrected chi connectivity index (χ4v) is 2.48. The van der Waals surface area contributed by atoms with Gasteiger partial charge in [-0.2, -0.15) is 0 Å². The van der Waals surface area contributed by atoms with Crippen LogP contribution in [0.15, 0.2) is 53.5 Å². The zero-order chi connectivity index (χ0) is 17.1. The van der Waals surface area contributed by atoms with Gasteiger partial charge in [0.2, 0.25) is 11.9 Å². The molecule has 2 amide bonds. The Hall–Kier alpha value is -2.73. The highest BCUT2D eigenvalue weighted by Crippen LogP contribution is 2.24. The highest BCUT2D eigenvalue weighted by molar-refractivity contribution is 6.30. The number of hydrogen-bond acceptors (Lipinski definition) is 3. The number of rotatable bonds is 2. The molecule has 0 saturated heterocycles. The van der Waals surface area contributed by atoms with Crippen molar-refractivity contribution in [3.8, 4) is 0 Å². The van der Waals surface area contributed by atoms with Gasteiger partial charge in [0.25, 0.3) is 5.91 Å². The number of carbonyl (C=O) groups is 2. The minimum atomic E-state index is -0.677. The second kappa shape index (κ2) is 6.80. The van der Waals surface area contributed by atoms with Gasteiger partial charge in [0.1, 0.15) is 5.82 Å². The topological polar surface area (TPSA) is 70.6 Å². The molecule has 122 valence electrons. The third-order valence-electron chi connectivity index (χ3n) is 3.53. The van der Waals surface area contributed by atoms with E-state index in [-0.39, 0.29) is 23.9 Å². The van der Waals surface area contributed by atoms with Gasteiger partial charge in [0.05, 0.1) is 18.0 Å². The van der Waals surface area contributed by atoms with Crippen molar-refractivity contribution in [1.29, 1.82) is 0 Å². The summed E-state index contributed by atoms with van der Waals surface area (Å²) in [5.41, 5.74) is 0.676. The highest BCUT2D eigenvalue weighted by Gasteiger charge is 2.24. The molecule has 0 unspecified atom stereocenters. The van der Waals surface area contributed by atoms with E-state index in [0.717, 1.165) is 5.56 Å². The van der Waals surface area contributed by atoms with Crippen molar-refractivity contribution in [3.05, 3.63) is 70.5 Å². The van der Waals surface area contributed by atoms with Crippen molar-refractivity contribution in [3.63, 3.8) is 0 Å². The molecule has 7 heteroatoms. The quantitative estimate of drug-likeness (QED) is 0.878. The van der Waals surface area contributed by atoms with E-state index in [9.17, 15) is 14.0 Å². The monoisotopic (exact) mass is 345 g/mol. The Morgan fingerprint density at radius 2 is 1.92 bits per heavy atom. The summed E-state index contributed by atoms with van der Waals surface area (Å²) in [4.78, 5) is 28.3. The normalized spacial score (nSPS) is 17.0. The van der Waals surface area contributed by atoms with E-state index in [2.05, 4.69) is 15.6 Å². The van der Waals surface area contributed by atoms with Gasteiger partial charge < -0.3 is 0 Å². The van der Waals surface area contributed by atoms with Crippen molar-refractivity contribution in [2.24, 2.45) is 4.99 Å². The lowest BCUT2D eigenvalue weighted by Gasteiger charge is -2.21. The summed E-state index contributed by atoms with van der Waals surface area (Å²) in [6.45, 7) is 0. The number of halogens is 2. The number of aliphatic imine (C=N–C) groups is 1. The molecule has 2 aromatic carbocycles. The van der Waals surface area contributed by atoms with E-state index in [1.54, 1.807) is 30.3 Å². The summed E-state index contributed by atoms with van der Waals surface area (Å²) in [7, 11) is 0. The van der Waals surface area contributed by atoms with Gasteiger partial charge in [-0.15, -0.1) is 0 Å². The molecule has 0 spiro atoms. The predicted octanol–water partition coefficient (Wildman–Crippen LogP) is 2.83. The fraction of sp³-hybridized carbons (Fsp3) is 0.118. The van der Waals surface area contributed by atoms with Crippen LogP contribution in [0, 0.1) is 5.82 Å². The van der Waals surface area contributed by atoms with Crippen molar-refractivity contribution < 1.29 is 14.0 Å². The largest absolute Gasteiger partial charge is 0.296 e. The summed E-state index contributed by atoms with van der Waals surface area (Å²) in [6, 6.07) is 12.1. The first-order valence-corrected chi connectivity index (χ1v) is 7.60. The standard InChI is InChI=1S/C17H13ClFN3O2/c18-11-7-5-10(6-8-11)14-9-15(23)21-17(20-14)22-16(24)12-3-1-2-4-13(12)19/h1-8,14H,9H2,(H2,20,21,22,23,24)/t14-/m1/s1. The third kappa shape index (κ3) is 3.60. The molecule has 0 bridgehead atoms. The van der Waals surface area contributed by atoms with E-state index in [0.29, 0.717) is 5.02 Å². The number of amides is 2. The second-order valence-corrected chi connectivity index (χ2v) is 5.67. The summed E-state index contributed by atoms with van der Waals surface area (Å²) >= 11 is 5.85. The maximum atomic E-state index is 13.6. The lowest BCUT2D eigenvalue weighted by Crippen LogP contribution is -2.47. The lowest BCUT2D eigenvalue weighted by atomic mass is 10.0. The van der Waals surface area contributed by atoms with Crippen LogP contribution in [0.4, 0.5) is 4.39 Å². The van der Waals surface area contributed by atoms with Gasteiger partial charge >= 0.3 is 0 Å². The Morgan fingerprint density at radius 1 is 1.21 bits per heavy atom. The average Bonchev–Trinajstić information content (AvgIpc) is 2.55. The Bertz CT molecular complexity index is 821. The van der Waals surface area contributed by atoms with Crippen LogP contribution in [-0.4, -0.2) is 17.8 Å². The maximum Gasteiger partial charge on any atom is 0.260 e. The molecular weight excluding hydrogens is 333 g/mol. The van der Waals surface area contributed by atoms with Crippen molar-refractivity contribution >= 4 is 29.4 Å². The smallest absolute Gasteiger partial charge is 0.260 e. The molecule has 0 radical (unpaired) electrons. The van der Waals surface area contributed by atoms with Gasteiger partial charge in [-0.3, -0.25) is 20.2 Å². The van der Waals surface area contributed by atoms with E-state index in [1.165, 1.54) is 18.2 Å². The van der Waals surface area contributed by atoms with E-state index in [4.69, 9.17) is 11.6 Å². The lowest BCUT2D eigenvalue weighted by molar-refractivity contribution is -0.120. The molecular formula is C17H13ClFN3O2. The first kappa shape index (κ1) is 16.1. The fourth-order valence-electron chi connectivity index (χ4n) is 2.35. The Kier molecular flexibility index (Phi) is 4.57. The molecule has 24 heavy (non-hydrogen) atoms. The second-order valence-electron chi connectivity index (χ2n) is 5.23. The Morgan fingerprint density at radius 3 is 2.62 bits per heavy atom. The number of nitrogens with zero attached hydrogens (tertiary/aromatic N) is 1. The highest BCUT2D eigenvalue weighted by atomic mass is 35.5. The summed E-state index contributed by atoms with van der Waals surface area (Å²) < 4.78 is 13.6. The van der Waals surface area contributed by atoms with Crippen LogP contribution in [0.3, 0.4) is 0 Å². The number of nitrogens with one attached hydrogen (secondary N) is 2. The van der Waals surface area contributed by atoms with Gasteiger partial charge in [-0.1, -0.05) is 35.9 Å². The Balaban J connectivity index is 1.81. The maximum absolute atomic E-state index is 13.6. The summed E-state index contributed by atoms with van der Waals surface area (Å²) in [5.74, 6) is -1.61. The third-order valence-corrected chi connectivity index (χ3v) is 3.78. The van der Waals surface area contributed by atoms with Crippen molar-refractivity contribution in [1.82, 2.24) is 10.6 Å². The van der Waals surface area contributed by atoms with E-state index < -0.39 is 17.8 Å². The van der Waals surface area contributed by atoms with Crippen LogP contribution in [0.1, 0.15) is 28.4 Å². The first-order valence-electron chi connectivity index (χ1n) is 7.22. The van der Waals surface area contributed by atoms with Crippen molar-refractivity contribution in [2.75, 3.05) is 0 Å². The van der Waals surface area contributed by atoms with Crippen LogP contribution in [-0.2, 0) is 4.79 Å².